The molecule has 0 aliphatic rings. The highest BCUT2D eigenvalue weighted by atomic mass is 31.2. The van der Waals surface area contributed by atoms with Crippen molar-refractivity contribution in [1.29, 1.82) is 0 Å². The fourth-order valence-electron chi connectivity index (χ4n) is 11.0. The Morgan fingerprint density at radius 1 is 0.297 bits per heavy atom. The minimum atomic E-state index is -4.95. The van der Waals surface area contributed by atoms with Gasteiger partial charge in [-0.1, -0.05) is 324 Å². The third-order valence-electron chi connectivity index (χ3n) is 16.8. The maximum absolute atomic E-state index is 13.0. The molecule has 0 heterocycles. The van der Waals surface area contributed by atoms with E-state index in [-0.39, 0.29) is 25.7 Å². The van der Waals surface area contributed by atoms with Crippen LogP contribution in [0.3, 0.4) is 0 Å². The van der Waals surface area contributed by atoms with E-state index in [1.165, 1.54) is 199 Å². The first kappa shape index (κ1) is 89.1. The first-order valence-electron chi connectivity index (χ1n) is 37.6. The molecule has 0 aliphatic heterocycles. The smallest absolute Gasteiger partial charge is 0.462 e. The molecule has 0 fully saturated rings. The van der Waals surface area contributed by atoms with Crippen LogP contribution in [-0.4, -0.2) is 96.7 Å². The van der Waals surface area contributed by atoms with Gasteiger partial charge in [-0.2, -0.15) is 0 Å². The molecule has 0 aliphatic carbocycles. The molecule has 91 heavy (non-hydrogen) atoms. The van der Waals surface area contributed by atoms with Crippen LogP contribution in [0.25, 0.3) is 0 Å². The van der Waals surface area contributed by atoms with Gasteiger partial charge in [0.05, 0.1) is 26.4 Å². The molecular weight excluding hydrogens is 1200 g/mol. The van der Waals surface area contributed by atoms with E-state index in [2.05, 4.69) is 34.6 Å². The number of carbonyl (C=O) groups excluding carboxylic acids is 4. The van der Waals surface area contributed by atoms with Crippen molar-refractivity contribution in [2.75, 3.05) is 39.6 Å². The lowest BCUT2D eigenvalue weighted by molar-refractivity contribution is -0.161. The van der Waals surface area contributed by atoms with Crippen molar-refractivity contribution in [2.45, 2.75) is 393 Å². The van der Waals surface area contributed by atoms with Crippen LogP contribution in [0.5, 0.6) is 0 Å². The molecule has 5 atom stereocenters. The van der Waals surface area contributed by atoms with E-state index in [1.807, 2.05) is 0 Å². The third-order valence-corrected chi connectivity index (χ3v) is 18.7. The zero-order valence-corrected chi connectivity index (χ0v) is 60.8. The fourth-order valence-corrected chi connectivity index (χ4v) is 12.6. The predicted octanol–water partition coefficient (Wildman–Crippen LogP) is 20.9. The Bertz CT molecular complexity index is 1750. The molecule has 0 saturated heterocycles. The number of carbonyl (C=O) groups is 4. The van der Waals surface area contributed by atoms with Crippen LogP contribution < -0.4 is 0 Å². The summed E-state index contributed by atoms with van der Waals surface area (Å²) >= 11 is 0. The van der Waals surface area contributed by atoms with Crippen molar-refractivity contribution in [3.05, 3.63) is 0 Å². The Hall–Kier alpha value is -1.94. The maximum atomic E-state index is 13.0. The molecule has 0 bridgehead atoms. The van der Waals surface area contributed by atoms with Crippen molar-refractivity contribution in [1.82, 2.24) is 0 Å². The van der Waals surface area contributed by atoms with Crippen molar-refractivity contribution >= 4 is 39.5 Å². The number of phosphoric ester groups is 2. The van der Waals surface area contributed by atoms with Gasteiger partial charge in [0.25, 0.3) is 0 Å². The van der Waals surface area contributed by atoms with E-state index >= 15 is 0 Å². The summed E-state index contributed by atoms with van der Waals surface area (Å²) < 4.78 is 68.4. The average molecular weight is 1340 g/mol. The van der Waals surface area contributed by atoms with Gasteiger partial charge in [-0.05, 0) is 31.6 Å². The zero-order valence-electron chi connectivity index (χ0n) is 59.0. The highest BCUT2D eigenvalue weighted by molar-refractivity contribution is 7.47. The summed E-state index contributed by atoms with van der Waals surface area (Å²) in [6.07, 6.45) is 52.5. The second kappa shape index (κ2) is 65.4. The van der Waals surface area contributed by atoms with E-state index in [0.717, 1.165) is 95.8 Å². The van der Waals surface area contributed by atoms with Crippen LogP contribution in [0.4, 0.5) is 0 Å². The summed E-state index contributed by atoms with van der Waals surface area (Å²) in [6.45, 7) is 7.24. The molecule has 19 heteroatoms. The molecule has 0 saturated carbocycles. The number of aliphatic hydroxyl groups is 1. The summed E-state index contributed by atoms with van der Waals surface area (Å²) in [5.74, 6) is -1.39. The predicted molar refractivity (Wildman–Crippen MR) is 368 cm³/mol. The SMILES string of the molecule is CCCCCCCCCCCCCCCCC(=O)O[C@H](COC(=O)CCCCCCCCCCCCCCC)COP(=O)(O)OC[C@@H](O)COP(=O)(O)OC[C@@H](COC(=O)CCCCCCCCCCC(C)C)OC(=O)CCCCCCCCCCCCCCC. The van der Waals surface area contributed by atoms with Crippen LogP contribution in [0.15, 0.2) is 0 Å². The quantitative estimate of drug-likeness (QED) is 0.0222. The summed E-state index contributed by atoms with van der Waals surface area (Å²) in [7, 11) is -9.90. The highest BCUT2D eigenvalue weighted by Crippen LogP contribution is 2.45. The van der Waals surface area contributed by atoms with Crippen molar-refractivity contribution in [3.8, 4) is 0 Å². The van der Waals surface area contributed by atoms with Gasteiger partial charge in [-0.25, -0.2) is 9.13 Å². The molecule has 540 valence electrons. The van der Waals surface area contributed by atoms with Crippen LogP contribution in [-0.2, 0) is 65.4 Å². The van der Waals surface area contributed by atoms with Crippen LogP contribution in [0, 0.1) is 5.92 Å². The lowest BCUT2D eigenvalue weighted by Crippen LogP contribution is -2.30. The van der Waals surface area contributed by atoms with Gasteiger partial charge in [0.15, 0.2) is 12.2 Å². The normalized spacial score (nSPS) is 14.0. The number of esters is 4. The number of unbranched alkanes of at least 4 members (excludes halogenated alkanes) is 44. The molecule has 0 amide bonds. The molecule has 0 radical (unpaired) electrons. The molecule has 3 N–H and O–H groups in total. The largest absolute Gasteiger partial charge is 0.472 e. The van der Waals surface area contributed by atoms with Gasteiger partial charge in [0.1, 0.15) is 19.3 Å². The molecule has 0 aromatic carbocycles. The second-order valence-electron chi connectivity index (χ2n) is 26.5. The monoisotopic (exact) mass is 1340 g/mol. The molecule has 0 rings (SSSR count). The third kappa shape index (κ3) is 66.5. The molecule has 0 aromatic heterocycles. The number of phosphoric acid groups is 2. The molecular formula is C72H140O17P2. The van der Waals surface area contributed by atoms with Crippen LogP contribution in [0.1, 0.15) is 375 Å². The van der Waals surface area contributed by atoms with Crippen molar-refractivity contribution < 1.29 is 80.2 Å². The van der Waals surface area contributed by atoms with Gasteiger partial charge in [0, 0.05) is 25.7 Å². The Balaban J connectivity index is 5.26. The van der Waals surface area contributed by atoms with Gasteiger partial charge in [-0.3, -0.25) is 37.3 Å². The standard InChI is InChI=1S/C72H140O17P2/c1-6-9-12-15-18-21-24-27-30-33-36-43-48-53-58-72(77)88-67(61-82-69(74)55-50-45-40-34-31-28-25-22-19-16-13-10-7-2)63-86-90(78,79)84-59-66(73)60-85-91(80,81)87-64-68(62-83-70(75)56-51-46-41-38-37-39-44-49-54-65(4)5)89-71(76)57-52-47-42-35-32-29-26-23-20-17-14-11-8-3/h65-68,73H,6-64H2,1-5H3,(H,78,79)(H,80,81)/t66-,67-,68-/m1/s1. The first-order valence-corrected chi connectivity index (χ1v) is 40.6. The Morgan fingerprint density at radius 3 is 0.747 bits per heavy atom. The Morgan fingerprint density at radius 2 is 0.505 bits per heavy atom. The first-order chi connectivity index (χ1) is 44.0. The van der Waals surface area contributed by atoms with E-state index < -0.39 is 97.5 Å². The lowest BCUT2D eigenvalue weighted by atomic mass is 10.0. The summed E-state index contributed by atoms with van der Waals surface area (Å²) in [5.41, 5.74) is 0. The van der Waals surface area contributed by atoms with Crippen molar-refractivity contribution in [2.24, 2.45) is 5.92 Å². The molecule has 0 spiro atoms. The molecule has 17 nitrogen and oxygen atoms in total. The molecule has 2 unspecified atom stereocenters. The Kier molecular flexibility index (Phi) is 64.0. The van der Waals surface area contributed by atoms with E-state index in [9.17, 15) is 43.2 Å². The topological polar surface area (TPSA) is 237 Å². The highest BCUT2D eigenvalue weighted by Gasteiger charge is 2.30. The second-order valence-corrected chi connectivity index (χ2v) is 29.4. The van der Waals surface area contributed by atoms with Gasteiger partial charge < -0.3 is 33.8 Å². The fraction of sp³-hybridized carbons (Fsp3) is 0.944. The van der Waals surface area contributed by atoms with Gasteiger partial charge in [0.2, 0.25) is 0 Å². The number of rotatable bonds is 72. The van der Waals surface area contributed by atoms with Gasteiger partial charge in [-0.15, -0.1) is 0 Å². The number of hydrogen-bond acceptors (Lipinski definition) is 15. The summed E-state index contributed by atoms with van der Waals surface area (Å²) in [6, 6.07) is 0. The number of aliphatic hydroxyl groups excluding tert-OH is 1. The van der Waals surface area contributed by atoms with Gasteiger partial charge >= 0.3 is 39.5 Å². The van der Waals surface area contributed by atoms with Crippen molar-refractivity contribution in [3.63, 3.8) is 0 Å². The maximum Gasteiger partial charge on any atom is 0.472 e. The minimum absolute atomic E-state index is 0.107. The lowest BCUT2D eigenvalue weighted by Gasteiger charge is -2.21. The number of ether oxygens (including phenoxy) is 4. The number of hydrogen-bond donors (Lipinski definition) is 3. The Labute approximate surface area is 556 Å². The minimum Gasteiger partial charge on any atom is -0.462 e. The van der Waals surface area contributed by atoms with Crippen LogP contribution >= 0.6 is 15.6 Å². The van der Waals surface area contributed by atoms with E-state index in [1.54, 1.807) is 0 Å². The summed E-state index contributed by atoms with van der Waals surface area (Å²) in [4.78, 5) is 72.7. The average Bonchev–Trinajstić information content (AvgIpc) is 3.70. The van der Waals surface area contributed by atoms with Crippen LogP contribution in [0.2, 0.25) is 0 Å². The molecule has 0 aromatic rings. The van der Waals surface area contributed by atoms with E-state index in [4.69, 9.17) is 37.0 Å². The van der Waals surface area contributed by atoms with E-state index in [0.29, 0.717) is 25.7 Å². The summed E-state index contributed by atoms with van der Waals surface area (Å²) in [5, 5.41) is 10.6. The zero-order chi connectivity index (χ0) is 67.0.